The van der Waals surface area contributed by atoms with Crippen molar-refractivity contribution in [2.45, 2.75) is 19.9 Å². The third kappa shape index (κ3) is 2.76. The minimum Gasteiger partial charge on any atom is -0.481 e. The van der Waals surface area contributed by atoms with Crippen LogP contribution < -0.4 is 5.32 Å². The largest absolute Gasteiger partial charge is 0.481 e. The molecule has 2 N–H and O–H groups in total. The molecule has 1 heterocycles. The number of carboxylic acid groups (broad SMARTS) is 1. The molecule has 19 heavy (non-hydrogen) atoms. The van der Waals surface area contributed by atoms with Crippen molar-refractivity contribution in [1.29, 1.82) is 0 Å². The smallest absolute Gasteiger partial charge is 0.305 e. The Kier molecular flexibility index (Phi) is 3.85. The van der Waals surface area contributed by atoms with E-state index in [0.717, 1.165) is 17.4 Å². The fourth-order valence-corrected chi connectivity index (χ4v) is 2.07. The lowest BCUT2D eigenvalue weighted by Gasteiger charge is -2.01. The number of rotatable bonds is 5. The summed E-state index contributed by atoms with van der Waals surface area (Å²) in [4.78, 5) is 22.5. The first-order chi connectivity index (χ1) is 9.13. The number of nitrogens with zero attached hydrogens (tertiary/aromatic N) is 1. The topological polar surface area (TPSA) is 71.3 Å². The fraction of sp³-hybridized carbons (Fsp3) is 0.286. The SMILES string of the molecule is CCn1cc(C(=O)NCCC(=O)O)c2ccccc21. The van der Waals surface area contributed by atoms with Crippen LogP contribution >= 0.6 is 0 Å². The third-order valence-electron chi connectivity index (χ3n) is 3.00. The molecule has 1 amide bonds. The predicted molar refractivity (Wildman–Crippen MR) is 72.2 cm³/mol. The zero-order valence-electron chi connectivity index (χ0n) is 10.7. The van der Waals surface area contributed by atoms with Gasteiger partial charge in [-0.05, 0) is 13.0 Å². The number of carbonyl (C=O) groups is 2. The number of nitrogens with one attached hydrogen (secondary N) is 1. The fourth-order valence-electron chi connectivity index (χ4n) is 2.07. The summed E-state index contributed by atoms with van der Waals surface area (Å²) in [5.41, 5.74) is 1.59. The number of aryl methyl sites for hydroxylation is 1. The Labute approximate surface area is 110 Å². The summed E-state index contributed by atoms with van der Waals surface area (Å²) < 4.78 is 2.00. The van der Waals surface area contributed by atoms with E-state index in [2.05, 4.69) is 5.32 Å². The molecule has 1 aromatic heterocycles. The van der Waals surface area contributed by atoms with Crippen molar-refractivity contribution < 1.29 is 14.7 Å². The van der Waals surface area contributed by atoms with Crippen LogP contribution in [0.3, 0.4) is 0 Å². The van der Waals surface area contributed by atoms with Crippen molar-refractivity contribution in [1.82, 2.24) is 9.88 Å². The summed E-state index contributed by atoms with van der Waals surface area (Å²) in [6.45, 7) is 2.93. The summed E-state index contributed by atoms with van der Waals surface area (Å²) >= 11 is 0. The Morgan fingerprint density at radius 3 is 2.74 bits per heavy atom. The van der Waals surface area contributed by atoms with Gasteiger partial charge in [-0.2, -0.15) is 0 Å². The van der Waals surface area contributed by atoms with Crippen LogP contribution in [0.4, 0.5) is 0 Å². The zero-order valence-corrected chi connectivity index (χ0v) is 10.7. The monoisotopic (exact) mass is 260 g/mol. The zero-order chi connectivity index (χ0) is 13.8. The molecule has 0 radical (unpaired) electrons. The van der Waals surface area contributed by atoms with E-state index in [0.29, 0.717) is 5.56 Å². The normalized spacial score (nSPS) is 10.6. The number of hydrogen-bond donors (Lipinski definition) is 2. The van der Waals surface area contributed by atoms with E-state index in [1.165, 1.54) is 0 Å². The highest BCUT2D eigenvalue weighted by molar-refractivity contribution is 6.07. The maximum atomic E-state index is 12.1. The van der Waals surface area contributed by atoms with E-state index < -0.39 is 5.97 Å². The molecule has 0 aliphatic heterocycles. The number of carbonyl (C=O) groups excluding carboxylic acids is 1. The minimum atomic E-state index is -0.920. The predicted octanol–water partition coefficient (Wildman–Crippen LogP) is 1.87. The molecule has 0 saturated heterocycles. The molecule has 2 aromatic rings. The lowest BCUT2D eigenvalue weighted by atomic mass is 10.1. The summed E-state index contributed by atoms with van der Waals surface area (Å²) in [5.74, 6) is -1.15. The Morgan fingerprint density at radius 1 is 1.32 bits per heavy atom. The summed E-state index contributed by atoms with van der Waals surface area (Å²) in [6, 6.07) is 7.68. The van der Waals surface area contributed by atoms with Gasteiger partial charge in [-0.25, -0.2) is 0 Å². The number of benzene rings is 1. The summed E-state index contributed by atoms with van der Waals surface area (Å²) in [5, 5.41) is 12.1. The van der Waals surface area contributed by atoms with Crippen LogP contribution in [0, 0.1) is 0 Å². The molecule has 0 saturated carbocycles. The number of hydrogen-bond acceptors (Lipinski definition) is 2. The van der Waals surface area contributed by atoms with Gasteiger partial charge in [0.25, 0.3) is 5.91 Å². The molecule has 0 atom stereocenters. The van der Waals surface area contributed by atoms with Crippen LogP contribution in [-0.4, -0.2) is 28.1 Å². The molecule has 0 aliphatic carbocycles. The quantitative estimate of drug-likeness (QED) is 0.862. The van der Waals surface area contributed by atoms with Gasteiger partial charge in [0, 0.05) is 30.2 Å². The number of fused-ring (bicyclic) bond motifs is 1. The second kappa shape index (κ2) is 5.56. The van der Waals surface area contributed by atoms with Crippen LogP contribution in [0.2, 0.25) is 0 Å². The molecule has 100 valence electrons. The molecule has 1 aromatic carbocycles. The van der Waals surface area contributed by atoms with Crippen molar-refractivity contribution in [3.63, 3.8) is 0 Å². The van der Waals surface area contributed by atoms with Gasteiger partial charge in [0.05, 0.1) is 12.0 Å². The van der Waals surface area contributed by atoms with Gasteiger partial charge in [0.2, 0.25) is 0 Å². The van der Waals surface area contributed by atoms with Crippen LogP contribution in [0.5, 0.6) is 0 Å². The molecule has 5 heteroatoms. The van der Waals surface area contributed by atoms with E-state index in [1.54, 1.807) is 6.20 Å². The Hall–Kier alpha value is -2.30. The van der Waals surface area contributed by atoms with Crippen molar-refractivity contribution >= 4 is 22.8 Å². The Bertz CT molecular complexity index is 616. The molecule has 0 bridgehead atoms. The first-order valence-electron chi connectivity index (χ1n) is 6.21. The lowest BCUT2D eigenvalue weighted by molar-refractivity contribution is -0.136. The first-order valence-corrected chi connectivity index (χ1v) is 6.21. The van der Waals surface area contributed by atoms with Crippen LogP contribution in [0.15, 0.2) is 30.5 Å². The average Bonchev–Trinajstić information content (AvgIpc) is 2.77. The molecular weight excluding hydrogens is 244 g/mol. The summed E-state index contributed by atoms with van der Waals surface area (Å²) in [7, 11) is 0. The third-order valence-corrected chi connectivity index (χ3v) is 3.00. The molecule has 0 spiro atoms. The lowest BCUT2D eigenvalue weighted by Crippen LogP contribution is -2.25. The van der Waals surface area contributed by atoms with Gasteiger partial charge in [-0.15, -0.1) is 0 Å². The van der Waals surface area contributed by atoms with Gasteiger partial charge in [-0.3, -0.25) is 9.59 Å². The van der Waals surface area contributed by atoms with Crippen molar-refractivity contribution in [3.8, 4) is 0 Å². The maximum Gasteiger partial charge on any atom is 0.305 e. The molecule has 0 fully saturated rings. The van der Waals surface area contributed by atoms with E-state index in [9.17, 15) is 9.59 Å². The van der Waals surface area contributed by atoms with E-state index in [1.807, 2.05) is 35.8 Å². The highest BCUT2D eigenvalue weighted by Crippen LogP contribution is 2.21. The molecule has 0 aliphatic rings. The van der Waals surface area contributed by atoms with Crippen LogP contribution in [0.1, 0.15) is 23.7 Å². The van der Waals surface area contributed by atoms with E-state index in [-0.39, 0.29) is 18.9 Å². The van der Waals surface area contributed by atoms with Crippen LogP contribution in [-0.2, 0) is 11.3 Å². The number of aliphatic carboxylic acids is 1. The number of amides is 1. The standard InChI is InChI=1S/C14H16N2O3/c1-2-16-9-11(10-5-3-4-6-12(10)16)14(19)15-8-7-13(17)18/h3-6,9H,2,7-8H2,1H3,(H,15,19)(H,17,18). The second-order valence-electron chi connectivity index (χ2n) is 4.25. The van der Waals surface area contributed by atoms with Crippen molar-refractivity contribution in [2.75, 3.05) is 6.54 Å². The Morgan fingerprint density at radius 2 is 2.05 bits per heavy atom. The van der Waals surface area contributed by atoms with E-state index in [4.69, 9.17) is 5.11 Å². The highest BCUT2D eigenvalue weighted by atomic mass is 16.4. The van der Waals surface area contributed by atoms with Crippen molar-refractivity contribution in [2.24, 2.45) is 0 Å². The molecular formula is C14H16N2O3. The van der Waals surface area contributed by atoms with Gasteiger partial charge >= 0.3 is 5.97 Å². The molecule has 5 nitrogen and oxygen atoms in total. The average molecular weight is 260 g/mol. The second-order valence-corrected chi connectivity index (χ2v) is 4.25. The molecule has 2 rings (SSSR count). The first kappa shape index (κ1) is 13.1. The van der Waals surface area contributed by atoms with Gasteiger partial charge < -0.3 is 15.0 Å². The van der Waals surface area contributed by atoms with Crippen molar-refractivity contribution in [3.05, 3.63) is 36.0 Å². The highest BCUT2D eigenvalue weighted by Gasteiger charge is 2.13. The van der Waals surface area contributed by atoms with Crippen LogP contribution in [0.25, 0.3) is 10.9 Å². The minimum absolute atomic E-state index is 0.0713. The van der Waals surface area contributed by atoms with Gasteiger partial charge in [-0.1, -0.05) is 18.2 Å². The Balaban J connectivity index is 2.24. The van der Waals surface area contributed by atoms with Gasteiger partial charge in [0.15, 0.2) is 0 Å². The summed E-state index contributed by atoms with van der Waals surface area (Å²) in [6.07, 6.45) is 1.74. The van der Waals surface area contributed by atoms with E-state index >= 15 is 0 Å². The maximum absolute atomic E-state index is 12.1. The number of aromatic nitrogens is 1. The number of para-hydroxylation sites is 1. The number of carboxylic acids is 1. The molecule has 0 unspecified atom stereocenters. The van der Waals surface area contributed by atoms with Gasteiger partial charge in [0.1, 0.15) is 0 Å².